The van der Waals surface area contributed by atoms with Crippen LogP contribution in [0.1, 0.15) is 40.0 Å². The van der Waals surface area contributed by atoms with Crippen LogP contribution in [0.4, 0.5) is 18.0 Å². The number of carbonyl (C=O) groups is 2. The fraction of sp³-hybridized carbons (Fsp3) is 0.882. The molecule has 9 heteroatoms. The minimum Gasteiger partial charge on any atom is -0.444 e. The summed E-state index contributed by atoms with van der Waals surface area (Å²) < 4.78 is 43.2. The summed E-state index contributed by atoms with van der Waals surface area (Å²) in [6, 6.07) is -1.09. The van der Waals surface area contributed by atoms with Gasteiger partial charge in [-0.25, -0.2) is 4.79 Å². The summed E-state index contributed by atoms with van der Waals surface area (Å²) in [4.78, 5) is 25.5. The number of alkyl halides is 3. The molecule has 1 saturated heterocycles. The van der Waals surface area contributed by atoms with Crippen molar-refractivity contribution in [1.29, 1.82) is 0 Å². The second kappa shape index (κ2) is 6.28. The lowest BCUT2D eigenvalue weighted by atomic mass is 9.74. The first kappa shape index (κ1) is 19.3. The summed E-state index contributed by atoms with van der Waals surface area (Å²) >= 11 is 0. The van der Waals surface area contributed by atoms with Gasteiger partial charge in [-0.2, -0.15) is 13.2 Å². The Balaban J connectivity index is 1.75. The number of hydrogen-bond donors (Lipinski definition) is 2. The van der Waals surface area contributed by atoms with Gasteiger partial charge in [-0.15, -0.1) is 0 Å². The summed E-state index contributed by atoms with van der Waals surface area (Å²) in [5.41, 5.74) is -0.676. The third kappa shape index (κ3) is 3.77. The molecule has 2 amide bonds. The fourth-order valence-corrected chi connectivity index (χ4v) is 4.85. The predicted octanol–water partition coefficient (Wildman–Crippen LogP) is 2.06. The number of hydrogen-bond acceptors (Lipinski definition) is 4. The third-order valence-corrected chi connectivity index (χ3v) is 5.53. The number of piperidine rings is 1. The van der Waals surface area contributed by atoms with Gasteiger partial charge in [0.2, 0.25) is 5.91 Å². The molecule has 3 bridgehead atoms. The average molecular weight is 378 g/mol. The number of nitrogens with one attached hydrogen (secondary N) is 1. The van der Waals surface area contributed by atoms with Crippen molar-refractivity contribution in [3.8, 4) is 0 Å². The SMILES string of the molecule is CC(C)(C)OC(=O)NC1C2CC3C[C@H]1[C@H](O)C2N(C(=O)CC(F)(F)F)C3. The predicted molar refractivity (Wildman–Crippen MR) is 85.0 cm³/mol. The van der Waals surface area contributed by atoms with E-state index in [2.05, 4.69) is 5.32 Å². The van der Waals surface area contributed by atoms with Gasteiger partial charge in [0.05, 0.1) is 12.1 Å². The van der Waals surface area contributed by atoms with Crippen molar-refractivity contribution in [2.24, 2.45) is 17.8 Å². The number of alkyl carbamates (subject to hydrolysis) is 1. The molecule has 1 aliphatic heterocycles. The highest BCUT2D eigenvalue weighted by Gasteiger charge is 2.60. The third-order valence-electron chi connectivity index (χ3n) is 5.53. The molecule has 148 valence electrons. The Labute approximate surface area is 150 Å². The van der Waals surface area contributed by atoms with Gasteiger partial charge in [0.1, 0.15) is 12.0 Å². The first-order chi connectivity index (χ1) is 11.9. The van der Waals surface area contributed by atoms with Crippen molar-refractivity contribution in [3.63, 3.8) is 0 Å². The number of likely N-dealkylation sites (tertiary alicyclic amines) is 1. The van der Waals surface area contributed by atoms with E-state index in [9.17, 15) is 27.9 Å². The number of aliphatic hydroxyl groups is 1. The minimum absolute atomic E-state index is 0.0484. The summed E-state index contributed by atoms with van der Waals surface area (Å²) in [5, 5.41) is 13.4. The Morgan fingerprint density at radius 3 is 2.38 bits per heavy atom. The maximum atomic E-state index is 12.6. The number of nitrogens with zero attached hydrogens (tertiary/aromatic N) is 1. The van der Waals surface area contributed by atoms with Gasteiger partial charge in [-0.1, -0.05) is 0 Å². The number of halogens is 3. The highest BCUT2D eigenvalue weighted by molar-refractivity contribution is 5.78. The molecule has 2 saturated carbocycles. The van der Waals surface area contributed by atoms with E-state index in [0.29, 0.717) is 12.8 Å². The Hall–Kier alpha value is -1.51. The summed E-state index contributed by atoms with van der Waals surface area (Å²) in [7, 11) is 0. The molecule has 3 fully saturated rings. The van der Waals surface area contributed by atoms with Crippen LogP contribution in [-0.2, 0) is 9.53 Å². The topological polar surface area (TPSA) is 78.9 Å². The quantitative estimate of drug-likeness (QED) is 0.771. The van der Waals surface area contributed by atoms with Gasteiger partial charge < -0.3 is 20.1 Å². The lowest BCUT2D eigenvalue weighted by Crippen LogP contribution is -2.57. The van der Waals surface area contributed by atoms with Gasteiger partial charge in [0, 0.05) is 24.4 Å². The van der Waals surface area contributed by atoms with E-state index < -0.39 is 48.4 Å². The van der Waals surface area contributed by atoms with Crippen LogP contribution in [0.25, 0.3) is 0 Å². The first-order valence-corrected chi connectivity index (χ1v) is 8.89. The second-order valence-electron chi connectivity index (χ2n) is 8.66. The van der Waals surface area contributed by atoms with Gasteiger partial charge in [0.15, 0.2) is 0 Å². The fourth-order valence-electron chi connectivity index (χ4n) is 4.85. The van der Waals surface area contributed by atoms with Crippen molar-refractivity contribution in [1.82, 2.24) is 10.2 Å². The van der Waals surface area contributed by atoms with Crippen molar-refractivity contribution in [2.75, 3.05) is 6.54 Å². The monoisotopic (exact) mass is 378 g/mol. The van der Waals surface area contributed by atoms with Crippen LogP contribution < -0.4 is 5.32 Å². The van der Waals surface area contributed by atoms with Gasteiger partial charge >= 0.3 is 12.3 Å². The summed E-state index contributed by atoms with van der Waals surface area (Å²) in [6.07, 6.45) is -6.41. The number of rotatable bonds is 2. The normalized spacial score (nSPS) is 36.2. The number of aliphatic hydroxyl groups excluding tert-OH is 1. The number of carbonyl (C=O) groups excluding carboxylic acids is 2. The summed E-state index contributed by atoms with van der Waals surface area (Å²) in [6.45, 7) is 5.44. The van der Waals surface area contributed by atoms with Crippen LogP contribution in [0.5, 0.6) is 0 Å². The van der Waals surface area contributed by atoms with Crippen molar-refractivity contribution in [3.05, 3.63) is 0 Å². The molecular weight excluding hydrogens is 353 g/mol. The molecule has 2 aliphatic carbocycles. The van der Waals surface area contributed by atoms with Crippen LogP contribution in [0.2, 0.25) is 0 Å². The largest absolute Gasteiger partial charge is 0.444 e. The molecule has 0 radical (unpaired) electrons. The molecule has 0 aromatic carbocycles. The van der Waals surface area contributed by atoms with Gasteiger partial charge in [-0.05, 0) is 39.5 Å². The van der Waals surface area contributed by atoms with E-state index in [-0.39, 0.29) is 24.3 Å². The molecule has 6 atom stereocenters. The Kier molecular flexibility index (Phi) is 4.65. The Morgan fingerprint density at radius 1 is 1.19 bits per heavy atom. The van der Waals surface area contributed by atoms with Crippen LogP contribution >= 0.6 is 0 Å². The zero-order valence-electron chi connectivity index (χ0n) is 15.0. The highest BCUT2D eigenvalue weighted by Crippen LogP contribution is 2.51. The van der Waals surface area contributed by atoms with Crippen LogP contribution in [0.3, 0.4) is 0 Å². The maximum absolute atomic E-state index is 12.6. The van der Waals surface area contributed by atoms with Crippen LogP contribution in [0.15, 0.2) is 0 Å². The number of ether oxygens (including phenoxy) is 1. The zero-order chi connectivity index (χ0) is 19.4. The van der Waals surface area contributed by atoms with E-state index in [1.807, 2.05) is 0 Å². The molecule has 1 heterocycles. The van der Waals surface area contributed by atoms with Crippen LogP contribution in [-0.4, -0.2) is 58.5 Å². The van der Waals surface area contributed by atoms with Gasteiger partial charge in [-0.3, -0.25) is 4.79 Å². The van der Waals surface area contributed by atoms with E-state index in [1.54, 1.807) is 20.8 Å². The minimum atomic E-state index is -4.58. The van der Waals surface area contributed by atoms with E-state index >= 15 is 0 Å². The molecule has 4 unspecified atom stereocenters. The van der Waals surface area contributed by atoms with Crippen molar-refractivity contribution < 1.29 is 32.6 Å². The smallest absolute Gasteiger partial charge is 0.407 e. The first-order valence-electron chi connectivity index (χ1n) is 8.89. The molecular formula is C17H25F3N2O4. The lowest BCUT2D eigenvalue weighted by Gasteiger charge is -2.45. The average Bonchev–Trinajstić information content (AvgIpc) is 2.57. The zero-order valence-corrected chi connectivity index (χ0v) is 15.0. The van der Waals surface area contributed by atoms with E-state index in [1.165, 1.54) is 4.90 Å². The summed E-state index contributed by atoms with van der Waals surface area (Å²) in [5.74, 6) is -1.49. The van der Waals surface area contributed by atoms with Crippen LogP contribution in [0, 0.1) is 17.8 Å². The van der Waals surface area contributed by atoms with E-state index in [4.69, 9.17) is 4.74 Å². The number of amides is 2. The Bertz CT molecular complexity index is 590. The molecule has 6 nitrogen and oxygen atoms in total. The van der Waals surface area contributed by atoms with E-state index in [0.717, 1.165) is 0 Å². The van der Waals surface area contributed by atoms with Crippen molar-refractivity contribution >= 4 is 12.0 Å². The molecule has 0 aromatic heterocycles. The molecule has 26 heavy (non-hydrogen) atoms. The Morgan fingerprint density at radius 2 is 1.81 bits per heavy atom. The lowest BCUT2D eigenvalue weighted by molar-refractivity contribution is -0.167. The standard InChI is InChI=1S/C17H25F3N2O4/c1-16(2,3)26-15(25)21-12-9-4-8-5-10(12)14(24)13(9)22(7-8)11(23)6-17(18,19)20/h8-10,12-14,24H,4-7H2,1-3H3,(H,21,25)/t8?,9?,10-,12?,13?,14+/m1/s1. The maximum Gasteiger partial charge on any atom is 0.407 e. The number of fused-ring (bicyclic) bond motifs is 2. The molecule has 0 aromatic rings. The molecule has 2 N–H and O–H groups in total. The van der Waals surface area contributed by atoms with Crippen molar-refractivity contribution in [2.45, 2.75) is 70.0 Å². The van der Waals surface area contributed by atoms with Gasteiger partial charge in [0.25, 0.3) is 0 Å². The molecule has 0 spiro atoms. The highest BCUT2D eigenvalue weighted by atomic mass is 19.4. The molecule has 3 aliphatic rings. The second-order valence-corrected chi connectivity index (χ2v) is 8.66. The molecule has 3 rings (SSSR count).